The lowest BCUT2D eigenvalue weighted by Gasteiger charge is -2.13. The molecule has 0 heterocycles. The van der Waals surface area contributed by atoms with Crippen molar-refractivity contribution in [1.82, 2.24) is 0 Å². The van der Waals surface area contributed by atoms with Crippen molar-refractivity contribution in [2.24, 2.45) is 5.92 Å². The topological polar surface area (TPSA) is 30.5 Å². The second kappa shape index (κ2) is 7.56. The molecule has 2 rings (SSSR count). The molecule has 0 bridgehead atoms. The molecule has 0 aliphatic rings. The minimum atomic E-state index is 0.486. The summed E-state index contributed by atoms with van der Waals surface area (Å²) in [5.74, 6) is 2.17. The third kappa shape index (κ3) is 4.59. The predicted octanol–water partition coefficient (Wildman–Crippen LogP) is 4.17. The first-order valence-corrected chi connectivity index (χ1v) is 6.83. The number of para-hydroxylation sites is 1. The second-order valence-electron chi connectivity index (χ2n) is 4.88. The molecule has 2 aromatic carbocycles. The van der Waals surface area contributed by atoms with Crippen LogP contribution in [0.25, 0.3) is 0 Å². The van der Waals surface area contributed by atoms with Gasteiger partial charge in [0.05, 0.1) is 6.61 Å². The highest BCUT2D eigenvalue weighted by Crippen LogP contribution is 2.22. The highest BCUT2D eigenvalue weighted by molar-refractivity contribution is 5.47. The summed E-state index contributed by atoms with van der Waals surface area (Å²) in [5, 5.41) is 3.38. The van der Waals surface area contributed by atoms with E-state index in [0.29, 0.717) is 5.92 Å². The van der Waals surface area contributed by atoms with E-state index in [0.717, 1.165) is 30.3 Å². The van der Waals surface area contributed by atoms with E-state index in [9.17, 15) is 0 Å². The SMILES string of the molecule is COCC(C)CNc1ccc(Oc2ccccc2)cc1. The molecule has 106 valence electrons. The zero-order chi connectivity index (χ0) is 14.2. The van der Waals surface area contributed by atoms with Crippen LogP contribution in [0.3, 0.4) is 0 Å². The molecule has 1 atom stereocenters. The van der Waals surface area contributed by atoms with Crippen LogP contribution in [0.1, 0.15) is 6.92 Å². The van der Waals surface area contributed by atoms with Gasteiger partial charge in [-0.3, -0.25) is 0 Å². The van der Waals surface area contributed by atoms with E-state index in [2.05, 4.69) is 12.2 Å². The molecular formula is C17H21NO2. The zero-order valence-electron chi connectivity index (χ0n) is 12.0. The molecule has 3 nitrogen and oxygen atoms in total. The first-order chi connectivity index (χ1) is 9.78. The van der Waals surface area contributed by atoms with E-state index < -0.39 is 0 Å². The number of nitrogens with one attached hydrogen (secondary N) is 1. The van der Waals surface area contributed by atoms with Crippen molar-refractivity contribution in [2.75, 3.05) is 25.6 Å². The molecule has 2 aromatic rings. The molecule has 0 amide bonds. The molecule has 20 heavy (non-hydrogen) atoms. The van der Waals surface area contributed by atoms with Crippen LogP contribution in [0.15, 0.2) is 54.6 Å². The second-order valence-corrected chi connectivity index (χ2v) is 4.88. The van der Waals surface area contributed by atoms with Gasteiger partial charge in [-0.05, 0) is 42.3 Å². The van der Waals surface area contributed by atoms with Crippen LogP contribution in [-0.2, 0) is 4.74 Å². The normalized spacial score (nSPS) is 11.9. The Kier molecular flexibility index (Phi) is 5.44. The summed E-state index contributed by atoms with van der Waals surface area (Å²) in [4.78, 5) is 0. The molecule has 0 fully saturated rings. The summed E-state index contributed by atoms with van der Waals surface area (Å²) in [5.41, 5.74) is 1.09. The molecule has 0 saturated heterocycles. The van der Waals surface area contributed by atoms with E-state index in [1.807, 2.05) is 54.6 Å². The van der Waals surface area contributed by atoms with Gasteiger partial charge in [0.25, 0.3) is 0 Å². The minimum Gasteiger partial charge on any atom is -0.457 e. The van der Waals surface area contributed by atoms with Crippen LogP contribution in [0, 0.1) is 5.92 Å². The molecule has 0 spiro atoms. The van der Waals surface area contributed by atoms with Gasteiger partial charge in [-0.2, -0.15) is 0 Å². The van der Waals surface area contributed by atoms with Crippen molar-refractivity contribution < 1.29 is 9.47 Å². The first kappa shape index (κ1) is 14.4. The fourth-order valence-electron chi connectivity index (χ4n) is 1.90. The Hall–Kier alpha value is -2.00. The van der Waals surface area contributed by atoms with Crippen molar-refractivity contribution in [3.63, 3.8) is 0 Å². The van der Waals surface area contributed by atoms with Crippen LogP contribution in [0.5, 0.6) is 11.5 Å². The molecule has 0 saturated carbocycles. The maximum Gasteiger partial charge on any atom is 0.127 e. The standard InChI is InChI=1S/C17H21NO2/c1-14(13-19-2)12-18-15-8-10-17(11-9-15)20-16-6-4-3-5-7-16/h3-11,14,18H,12-13H2,1-2H3. The Balaban J connectivity index is 1.87. The Bertz CT molecular complexity index is 496. The Labute approximate surface area is 120 Å². The lowest BCUT2D eigenvalue weighted by Crippen LogP contribution is -2.15. The number of benzene rings is 2. The summed E-state index contributed by atoms with van der Waals surface area (Å²) in [6, 6.07) is 17.8. The number of ether oxygens (including phenoxy) is 2. The van der Waals surface area contributed by atoms with Crippen molar-refractivity contribution in [3.05, 3.63) is 54.6 Å². The first-order valence-electron chi connectivity index (χ1n) is 6.83. The molecule has 0 radical (unpaired) electrons. The number of methoxy groups -OCH3 is 1. The summed E-state index contributed by atoms with van der Waals surface area (Å²) in [7, 11) is 1.73. The van der Waals surface area contributed by atoms with Crippen molar-refractivity contribution >= 4 is 5.69 Å². The third-order valence-corrected chi connectivity index (χ3v) is 2.94. The number of rotatable bonds is 7. The average molecular weight is 271 g/mol. The molecule has 1 N–H and O–H groups in total. The third-order valence-electron chi connectivity index (χ3n) is 2.94. The summed E-state index contributed by atoms with van der Waals surface area (Å²) < 4.78 is 10.9. The van der Waals surface area contributed by atoms with Crippen molar-refractivity contribution in [1.29, 1.82) is 0 Å². The highest BCUT2D eigenvalue weighted by Gasteiger charge is 2.01. The van der Waals surface area contributed by atoms with E-state index in [-0.39, 0.29) is 0 Å². The van der Waals surface area contributed by atoms with Crippen LogP contribution in [0.2, 0.25) is 0 Å². The van der Waals surface area contributed by atoms with Gasteiger partial charge < -0.3 is 14.8 Å². The predicted molar refractivity (Wildman–Crippen MR) is 82.5 cm³/mol. The van der Waals surface area contributed by atoms with Crippen LogP contribution in [-0.4, -0.2) is 20.3 Å². The lowest BCUT2D eigenvalue weighted by molar-refractivity contribution is 0.164. The van der Waals surface area contributed by atoms with E-state index in [4.69, 9.17) is 9.47 Å². The van der Waals surface area contributed by atoms with Crippen LogP contribution < -0.4 is 10.1 Å². The fourth-order valence-corrected chi connectivity index (χ4v) is 1.90. The van der Waals surface area contributed by atoms with E-state index in [1.165, 1.54) is 0 Å². The van der Waals surface area contributed by atoms with E-state index >= 15 is 0 Å². The molecule has 1 unspecified atom stereocenters. The molecule has 0 aliphatic heterocycles. The number of hydrogen-bond donors (Lipinski definition) is 1. The summed E-state index contributed by atoms with van der Waals surface area (Å²) in [6.07, 6.45) is 0. The summed E-state index contributed by atoms with van der Waals surface area (Å²) in [6.45, 7) is 3.82. The van der Waals surface area contributed by atoms with Gasteiger partial charge in [0.1, 0.15) is 11.5 Å². The van der Waals surface area contributed by atoms with Crippen molar-refractivity contribution in [2.45, 2.75) is 6.92 Å². The van der Waals surface area contributed by atoms with Gasteiger partial charge in [0.2, 0.25) is 0 Å². The average Bonchev–Trinajstić information content (AvgIpc) is 2.48. The van der Waals surface area contributed by atoms with Gasteiger partial charge in [0.15, 0.2) is 0 Å². The number of anilines is 1. The van der Waals surface area contributed by atoms with Gasteiger partial charge >= 0.3 is 0 Å². The van der Waals surface area contributed by atoms with Crippen LogP contribution in [0.4, 0.5) is 5.69 Å². The maximum atomic E-state index is 5.75. The lowest BCUT2D eigenvalue weighted by atomic mass is 10.2. The largest absolute Gasteiger partial charge is 0.457 e. The minimum absolute atomic E-state index is 0.486. The molecular weight excluding hydrogens is 250 g/mol. The molecule has 3 heteroatoms. The Morgan fingerprint density at radius 1 is 0.950 bits per heavy atom. The van der Waals surface area contributed by atoms with Gasteiger partial charge in [-0.1, -0.05) is 25.1 Å². The quantitative estimate of drug-likeness (QED) is 0.819. The van der Waals surface area contributed by atoms with Gasteiger partial charge in [-0.15, -0.1) is 0 Å². The Morgan fingerprint density at radius 3 is 2.25 bits per heavy atom. The molecule has 0 aromatic heterocycles. The summed E-state index contributed by atoms with van der Waals surface area (Å²) >= 11 is 0. The highest BCUT2D eigenvalue weighted by atomic mass is 16.5. The molecule has 0 aliphatic carbocycles. The van der Waals surface area contributed by atoms with Crippen molar-refractivity contribution in [3.8, 4) is 11.5 Å². The zero-order valence-corrected chi connectivity index (χ0v) is 12.0. The van der Waals surface area contributed by atoms with Gasteiger partial charge in [-0.25, -0.2) is 0 Å². The Morgan fingerprint density at radius 2 is 1.60 bits per heavy atom. The monoisotopic (exact) mass is 271 g/mol. The smallest absolute Gasteiger partial charge is 0.127 e. The van der Waals surface area contributed by atoms with Gasteiger partial charge in [0, 0.05) is 19.3 Å². The maximum absolute atomic E-state index is 5.75. The van der Waals surface area contributed by atoms with Crippen LogP contribution >= 0.6 is 0 Å². The fraction of sp³-hybridized carbons (Fsp3) is 0.294. The number of hydrogen-bond acceptors (Lipinski definition) is 3. The van der Waals surface area contributed by atoms with E-state index in [1.54, 1.807) is 7.11 Å².